The summed E-state index contributed by atoms with van der Waals surface area (Å²) < 4.78 is 5.56. The van der Waals surface area contributed by atoms with Crippen LogP contribution in [-0.4, -0.2) is 7.05 Å². The number of hydrogen-bond donors (Lipinski definition) is 1. The molecule has 2 aromatic carbocycles. The van der Waals surface area contributed by atoms with E-state index in [4.69, 9.17) is 4.42 Å². The topological polar surface area (TPSA) is 25.2 Å². The van der Waals surface area contributed by atoms with Gasteiger partial charge in [0.1, 0.15) is 5.58 Å². The van der Waals surface area contributed by atoms with Gasteiger partial charge in [0, 0.05) is 23.7 Å². The van der Waals surface area contributed by atoms with E-state index < -0.39 is 0 Å². The second-order valence-electron chi connectivity index (χ2n) is 3.98. The molecule has 1 N–H and O–H groups in total. The van der Waals surface area contributed by atoms with E-state index in [9.17, 15) is 0 Å². The Hall–Kier alpha value is -2.22. The number of anilines is 1. The van der Waals surface area contributed by atoms with Crippen LogP contribution in [0.25, 0.3) is 22.1 Å². The highest BCUT2D eigenvalue weighted by Gasteiger charge is 2.07. The van der Waals surface area contributed by atoms with Crippen LogP contribution in [-0.2, 0) is 0 Å². The molecule has 0 amide bonds. The van der Waals surface area contributed by atoms with Gasteiger partial charge in [0.2, 0.25) is 0 Å². The fourth-order valence-electron chi connectivity index (χ4n) is 2.04. The summed E-state index contributed by atoms with van der Waals surface area (Å²) in [6.07, 6.45) is 1.82. The van der Waals surface area contributed by atoms with E-state index in [1.807, 2.05) is 43.6 Å². The molecule has 84 valence electrons. The van der Waals surface area contributed by atoms with Crippen molar-refractivity contribution in [3.63, 3.8) is 0 Å². The van der Waals surface area contributed by atoms with Crippen LogP contribution < -0.4 is 5.32 Å². The molecule has 0 saturated heterocycles. The highest BCUT2D eigenvalue weighted by atomic mass is 16.3. The number of furan rings is 1. The average molecular weight is 223 g/mol. The molecule has 3 rings (SSSR count). The maximum Gasteiger partial charge on any atom is 0.134 e. The molecule has 2 nitrogen and oxygen atoms in total. The van der Waals surface area contributed by atoms with Gasteiger partial charge in [-0.25, -0.2) is 0 Å². The van der Waals surface area contributed by atoms with Crippen LogP contribution in [0.3, 0.4) is 0 Å². The summed E-state index contributed by atoms with van der Waals surface area (Å²) in [6, 6.07) is 16.4. The lowest BCUT2D eigenvalue weighted by Crippen LogP contribution is -1.87. The SMILES string of the molecule is CNc1cccc(-c2coc3ccccc23)c1. The predicted octanol–water partition coefficient (Wildman–Crippen LogP) is 4.14. The molecule has 0 spiro atoms. The molecule has 0 aliphatic carbocycles. The Morgan fingerprint density at radius 2 is 1.88 bits per heavy atom. The van der Waals surface area contributed by atoms with Gasteiger partial charge < -0.3 is 9.73 Å². The van der Waals surface area contributed by atoms with E-state index in [0.29, 0.717) is 0 Å². The van der Waals surface area contributed by atoms with Crippen molar-refractivity contribution in [3.8, 4) is 11.1 Å². The van der Waals surface area contributed by atoms with Crippen LogP contribution in [0.2, 0.25) is 0 Å². The molecule has 0 aliphatic heterocycles. The van der Waals surface area contributed by atoms with Crippen molar-refractivity contribution in [2.45, 2.75) is 0 Å². The van der Waals surface area contributed by atoms with Crippen molar-refractivity contribution in [1.29, 1.82) is 0 Å². The van der Waals surface area contributed by atoms with Crippen molar-refractivity contribution < 1.29 is 4.42 Å². The van der Waals surface area contributed by atoms with Gasteiger partial charge in [-0.15, -0.1) is 0 Å². The van der Waals surface area contributed by atoms with Crippen molar-refractivity contribution in [3.05, 3.63) is 54.8 Å². The Morgan fingerprint density at radius 1 is 1.00 bits per heavy atom. The lowest BCUT2D eigenvalue weighted by molar-refractivity contribution is 0.617. The molecule has 0 fully saturated rings. The van der Waals surface area contributed by atoms with Gasteiger partial charge in [-0.05, 0) is 23.8 Å². The molecule has 0 aliphatic rings. The van der Waals surface area contributed by atoms with Gasteiger partial charge in [-0.3, -0.25) is 0 Å². The summed E-state index contributed by atoms with van der Waals surface area (Å²) in [5.74, 6) is 0. The second kappa shape index (κ2) is 3.98. The molecule has 0 atom stereocenters. The third kappa shape index (κ3) is 1.68. The van der Waals surface area contributed by atoms with Crippen LogP contribution in [0.1, 0.15) is 0 Å². The van der Waals surface area contributed by atoms with E-state index in [2.05, 4.69) is 23.5 Å². The fraction of sp³-hybridized carbons (Fsp3) is 0.0667. The summed E-state index contributed by atoms with van der Waals surface area (Å²) in [4.78, 5) is 0. The lowest BCUT2D eigenvalue weighted by Gasteiger charge is -2.03. The molecular formula is C15H13NO. The Labute approximate surface area is 99.9 Å². The lowest BCUT2D eigenvalue weighted by atomic mass is 10.0. The molecule has 0 radical (unpaired) electrons. The number of rotatable bonds is 2. The number of para-hydroxylation sites is 1. The minimum absolute atomic E-state index is 0.928. The number of benzene rings is 2. The van der Waals surface area contributed by atoms with Gasteiger partial charge >= 0.3 is 0 Å². The summed E-state index contributed by atoms with van der Waals surface area (Å²) in [7, 11) is 1.92. The molecule has 1 aromatic heterocycles. The van der Waals surface area contributed by atoms with Crippen LogP contribution >= 0.6 is 0 Å². The monoisotopic (exact) mass is 223 g/mol. The zero-order valence-corrected chi connectivity index (χ0v) is 9.60. The van der Waals surface area contributed by atoms with Crippen molar-refractivity contribution >= 4 is 16.7 Å². The number of fused-ring (bicyclic) bond motifs is 1. The van der Waals surface area contributed by atoms with E-state index in [0.717, 1.165) is 22.2 Å². The van der Waals surface area contributed by atoms with E-state index in [-0.39, 0.29) is 0 Å². The second-order valence-corrected chi connectivity index (χ2v) is 3.98. The first-order chi connectivity index (χ1) is 8.38. The first kappa shape index (κ1) is 9.97. The highest BCUT2D eigenvalue weighted by Crippen LogP contribution is 2.31. The maximum atomic E-state index is 5.56. The quantitative estimate of drug-likeness (QED) is 0.706. The Kier molecular flexibility index (Phi) is 2.33. The maximum absolute atomic E-state index is 5.56. The van der Waals surface area contributed by atoms with Crippen molar-refractivity contribution in [1.82, 2.24) is 0 Å². The molecule has 0 bridgehead atoms. The fourth-order valence-corrected chi connectivity index (χ4v) is 2.04. The minimum Gasteiger partial charge on any atom is -0.464 e. The van der Waals surface area contributed by atoms with Gasteiger partial charge in [-0.2, -0.15) is 0 Å². The third-order valence-electron chi connectivity index (χ3n) is 2.94. The number of hydrogen-bond acceptors (Lipinski definition) is 2. The normalized spacial score (nSPS) is 10.6. The molecule has 17 heavy (non-hydrogen) atoms. The van der Waals surface area contributed by atoms with Crippen LogP contribution in [0, 0.1) is 0 Å². The third-order valence-corrected chi connectivity index (χ3v) is 2.94. The largest absolute Gasteiger partial charge is 0.464 e. The van der Waals surface area contributed by atoms with E-state index in [1.54, 1.807) is 0 Å². The predicted molar refractivity (Wildman–Crippen MR) is 71.2 cm³/mol. The Balaban J connectivity index is 2.20. The minimum atomic E-state index is 0.928. The first-order valence-corrected chi connectivity index (χ1v) is 5.63. The average Bonchev–Trinajstić information content (AvgIpc) is 2.82. The van der Waals surface area contributed by atoms with E-state index >= 15 is 0 Å². The van der Waals surface area contributed by atoms with Crippen LogP contribution in [0.4, 0.5) is 5.69 Å². The smallest absolute Gasteiger partial charge is 0.134 e. The van der Waals surface area contributed by atoms with Gasteiger partial charge in [0.25, 0.3) is 0 Å². The summed E-state index contributed by atoms with van der Waals surface area (Å²) in [6.45, 7) is 0. The van der Waals surface area contributed by atoms with E-state index in [1.165, 1.54) is 5.56 Å². The standard InChI is InChI=1S/C15H13NO/c1-16-12-6-4-5-11(9-12)14-10-17-15-8-3-2-7-13(14)15/h2-10,16H,1H3. The van der Waals surface area contributed by atoms with Gasteiger partial charge in [-0.1, -0.05) is 30.3 Å². The van der Waals surface area contributed by atoms with Crippen LogP contribution in [0.5, 0.6) is 0 Å². The zero-order valence-electron chi connectivity index (χ0n) is 9.60. The van der Waals surface area contributed by atoms with Gasteiger partial charge in [0.05, 0.1) is 6.26 Å². The number of nitrogens with one attached hydrogen (secondary N) is 1. The molecule has 1 heterocycles. The molecular weight excluding hydrogens is 210 g/mol. The summed E-state index contributed by atoms with van der Waals surface area (Å²) >= 11 is 0. The highest BCUT2D eigenvalue weighted by molar-refractivity contribution is 5.94. The molecule has 2 heteroatoms. The molecule has 0 unspecified atom stereocenters. The van der Waals surface area contributed by atoms with Crippen LogP contribution in [0.15, 0.2) is 59.2 Å². The summed E-state index contributed by atoms with van der Waals surface area (Å²) in [5, 5.41) is 4.30. The Morgan fingerprint density at radius 3 is 2.76 bits per heavy atom. The first-order valence-electron chi connectivity index (χ1n) is 5.63. The summed E-state index contributed by atoms with van der Waals surface area (Å²) in [5.41, 5.74) is 4.34. The van der Waals surface area contributed by atoms with Crippen molar-refractivity contribution in [2.24, 2.45) is 0 Å². The van der Waals surface area contributed by atoms with Crippen molar-refractivity contribution in [2.75, 3.05) is 12.4 Å². The molecule has 3 aromatic rings. The Bertz CT molecular complexity index is 655. The zero-order chi connectivity index (χ0) is 11.7. The van der Waals surface area contributed by atoms with Gasteiger partial charge in [0.15, 0.2) is 0 Å². The molecule has 0 saturated carbocycles.